The van der Waals surface area contributed by atoms with Crippen molar-refractivity contribution in [3.8, 4) is 0 Å². The maximum Gasteiger partial charge on any atom is 0.252 e. The van der Waals surface area contributed by atoms with Gasteiger partial charge < -0.3 is 5.32 Å². The van der Waals surface area contributed by atoms with Crippen molar-refractivity contribution in [1.29, 1.82) is 0 Å². The SMILES string of the molecule is CC(C)S(=O)(=O)c1ccccc1C(=O)NCc1ccc(Br)s1. The largest absolute Gasteiger partial charge is 0.347 e. The van der Waals surface area contributed by atoms with E-state index in [4.69, 9.17) is 0 Å². The van der Waals surface area contributed by atoms with Crippen molar-refractivity contribution >= 4 is 43.0 Å². The van der Waals surface area contributed by atoms with Crippen LogP contribution < -0.4 is 5.32 Å². The van der Waals surface area contributed by atoms with Crippen molar-refractivity contribution < 1.29 is 13.2 Å². The van der Waals surface area contributed by atoms with E-state index in [0.717, 1.165) is 8.66 Å². The van der Waals surface area contributed by atoms with Crippen LogP contribution in [0.2, 0.25) is 0 Å². The molecule has 0 spiro atoms. The Balaban J connectivity index is 2.23. The fourth-order valence-electron chi connectivity index (χ4n) is 1.87. The number of carbonyl (C=O) groups is 1. The number of thiophene rings is 1. The second kappa shape index (κ2) is 6.93. The molecular weight excluding hydrogens is 386 g/mol. The topological polar surface area (TPSA) is 63.2 Å². The van der Waals surface area contributed by atoms with Gasteiger partial charge in [0.05, 0.1) is 26.0 Å². The standard InChI is InChI=1S/C15H16BrNO3S2/c1-10(2)22(19,20)13-6-4-3-5-12(13)15(18)17-9-11-7-8-14(16)21-11/h3-8,10H,9H2,1-2H3,(H,17,18). The molecular formula is C15H16BrNO3S2. The number of hydrogen-bond donors (Lipinski definition) is 1. The predicted molar refractivity (Wildman–Crippen MR) is 92.0 cm³/mol. The van der Waals surface area contributed by atoms with Crippen molar-refractivity contribution in [3.63, 3.8) is 0 Å². The molecule has 0 saturated heterocycles. The Morgan fingerprint density at radius 3 is 2.50 bits per heavy atom. The Morgan fingerprint density at radius 2 is 1.91 bits per heavy atom. The summed E-state index contributed by atoms with van der Waals surface area (Å²) < 4.78 is 25.7. The second-order valence-corrected chi connectivity index (χ2v) is 10.00. The molecule has 2 rings (SSSR count). The summed E-state index contributed by atoms with van der Waals surface area (Å²) in [5, 5.41) is 2.19. The molecule has 0 aliphatic rings. The molecule has 1 N–H and O–H groups in total. The molecule has 118 valence electrons. The molecule has 0 radical (unpaired) electrons. The first-order chi connectivity index (χ1) is 10.3. The molecule has 22 heavy (non-hydrogen) atoms. The first kappa shape index (κ1) is 17.2. The van der Waals surface area contributed by atoms with Crippen LogP contribution in [-0.4, -0.2) is 19.6 Å². The van der Waals surface area contributed by atoms with Gasteiger partial charge in [0.1, 0.15) is 0 Å². The van der Waals surface area contributed by atoms with Gasteiger partial charge in [-0.1, -0.05) is 12.1 Å². The lowest BCUT2D eigenvalue weighted by molar-refractivity contribution is 0.0948. The van der Waals surface area contributed by atoms with Crippen LogP contribution in [0, 0.1) is 0 Å². The summed E-state index contributed by atoms with van der Waals surface area (Å²) in [6, 6.07) is 10.1. The van der Waals surface area contributed by atoms with Crippen LogP contribution in [0.3, 0.4) is 0 Å². The zero-order chi connectivity index (χ0) is 16.3. The molecule has 1 heterocycles. The van der Waals surface area contributed by atoms with Crippen LogP contribution in [0.1, 0.15) is 29.1 Å². The molecule has 0 unspecified atom stereocenters. The minimum atomic E-state index is -3.50. The maximum absolute atomic E-state index is 12.4. The zero-order valence-electron chi connectivity index (χ0n) is 12.2. The number of rotatable bonds is 5. The Hall–Kier alpha value is -1.18. The van der Waals surface area contributed by atoms with Crippen molar-refractivity contribution in [1.82, 2.24) is 5.32 Å². The van der Waals surface area contributed by atoms with Crippen molar-refractivity contribution in [2.75, 3.05) is 0 Å². The Labute approximate surface area is 142 Å². The fraction of sp³-hybridized carbons (Fsp3) is 0.267. The van der Waals surface area contributed by atoms with Crippen molar-refractivity contribution in [2.45, 2.75) is 30.5 Å². The van der Waals surface area contributed by atoms with Crippen LogP contribution in [0.5, 0.6) is 0 Å². The summed E-state index contributed by atoms with van der Waals surface area (Å²) in [5.74, 6) is -0.385. The van der Waals surface area contributed by atoms with Gasteiger partial charge in [0.15, 0.2) is 9.84 Å². The van der Waals surface area contributed by atoms with Crippen LogP contribution in [0.25, 0.3) is 0 Å². The smallest absolute Gasteiger partial charge is 0.252 e. The predicted octanol–water partition coefficient (Wildman–Crippen LogP) is 3.62. The van der Waals surface area contributed by atoms with Crippen LogP contribution in [0.4, 0.5) is 0 Å². The lowest BCUT2D eigenvalue weighted by atomic mass is 10.2. The molecule has 2 aromatic rings. The average Bonchev–Trinajstić information content (AvgIpc) is 2.90. The molecule has 7 heteroatoms. The minimum absolute atomic E-state index is 0.0786. The molecule has 1 aromatic heterocycles. The van der Waals surface area contributed by atoms with Gasteiger partial charge >= 0.3 is 0 Å². The average molecular weight is 402 g/mol. The van der Waals surface area contributed by atoms with E-state index in [1.807, 2.05) is 12.1 Å². The number of sulfone groups is 1. The van der Waals surface area contributed by atoms with E-state index in [9.17, 15) is 13.2 Å². The van der Waals surface area contributed by atoms with E-state index >= 15 is 0 Å². The second-order valence-electron chi connectivity index (χ2n) is 4.98. The summed E-state index contributed by atoms with van der Waals surface area (Å²) >= 11 is 4.89. The van der Waals surface area contributed by atoms with Gasteiger partial charge in [0.25, 0.3) is 5.91 Å². The molecule has 0 aliphatic carbocycles. The highest BCUT2D eigenvalue weighted by molar-refractivity contribution is 9.11. The molecule has 1 amide bonds. The van der Waals surface area contributed by atoms with E-state index in [1.165, 1.54) is 23.5 Å². The Kier molecular flexibility index (Phi) is 5.41. The monoisotopic (exact) mass is 401 g/mol. The summed E-state index contributed by atoms with van der Waals surface area (Å²) in [6.07, 6.45) is 0. The highest BCUT2D eigenvalue weighted by Crippen LogP contribution is 2.23. The number of carbonyl (C=O) groups excluding carboxylic acids is 1. The quantitative estimate of drug-likeness (QED) is 0.831. The molecule has 0 saturated carbocycles. The highest BCUT2D eigenvalue weighted by Gasteiger charge is 2.25. The lowest BCUT2D eigenvalue weighted by Crippen LogP contribution is -2.26. The van der Waals surface area contributed by atoms with E-state index in [-0.39, 0.29) is 16.4 Å². The van der Waals surface area contributed by atoms with Crippen LogP contribution >= 0.6 is 27.3 Å². The third-order valence-corrected chi connectivity index (χ3v) is 6.94. The van der Waals surface area contributed by atoms with Crippen LogP contribution in [-0.2, 0) is 16.4 Å². The van der Waals surface area contributed by atoms with Gasteiger partial charge in [-0.05, 0) is 54.0 Å². The molecule has 0 fully saturated rings. The van der Waals surface area contributed by atoms with Crippen LogP contribution in [0.15, 0.2) is 45.1 Å². The first-order valence-corrected chi connectivity index (χ1v) is 9.83. The van der Waals surface area contributed by atoms with Gasteiger partial charge in [-0.3, -0.25) is 4.79 Å². The van der Waals surface area contributed by atoms with Crippen molar-refractivity contribution in [2.24, 2.45) is 0 Å². The normalized spacial score (nSPS) is 11.6. The zero-order valence-corrected chi connectivity index (χ0v) is 15.4. The third kappa shape index (κ3) is 3.77. The summed E-state index contributed by atoms with van der Waals surface area (Å²) in [7, 11) is -3.50. The molecule has 4 nitrogen and oxygen atoms in total. The van der Waals surface area contributed by atoms with E-state index in [0.29, 0.717) is 6.54 Å². The maximum atomic E-state index is 12.4. The number of halogens is 1. The molecule has 0 atom stereocenters. The molecule has 0 bridgehead atoms. The summed E-state index contributed by atoms with van der Waals surface area (Å²) in [5.41, 5.74) is 0.187. The molecule has 0 aliphatic heterocycles. The highest BCUT2D eigenvalue weighted by atomic mass is 79.9. The number of amides is 1. The van der Waals surface area contributed by atoms with Gasteiger partial charge in [-0.15, -0.1) is 11.3 Å². The van der Waals surface area contributed by atoms with Gasteiger partial charge in [-0.2, -0.15) is 0 Å². The number of nitrogens with one attached hydrogen (secondary N) is 1. The van der Waals surface area contributed by atoms with E-state index < -0.39 is 15.1 Å². The third-order valence-electron chi connectivity index (χ3n) is 3.11. The number of benzene rings is 1. The summed E-state index contributed by atoms with van der Waals surface area (Å²) in [4.78, 5) is 13.4. The number of hydrogen-bond acceptors (Lipinski definition) is 4. The van der Waals surface area contributed by atoms with Crippen molar-refractivity contribution in [3.05, 3.63) is 50.6 Å². The summed E-state index contributed by atoms with van der Waals surface area (Å²) in [6.45, 7) is 3.57. The van der Waals surface area contributed by atoms with Gasteiger partial charge in [0, 0.05) is 4.88 Å². The minimum Gasteiger partial charge on any atom is -0.347 e. The lowest BCUT2D eigenvalue weighted by Gasteiger charge is -2.12. The van der Waals surface area contributed by atoms with E-state index in [1.54, 1.807) is 26.0 Å². The Bertz CT molecular complexity index is 782. The molecule has 1 aromatic carbocycles. The van der Waals surface area contributed by atoms with E-state index in [2.05, 4.69) is 21.2 Å². The fourth-order valence-corrected chi connectivity index (χ4v) is 4.53. The Morgan fingerprint density at radius 1 is 1.23 bits per heavy atom. The van der Waals surface area contributed by atoms with Gasteiger partial charge in [0.2, 0.25) is 0 Å². The van der Waals surface area contributed by atoms with Gasteiger partial charge in [-0.25, -0.2) is 8.42 Å². The first-order valence-electron chi connectivity index (χ1n) is 6.67.